The van der Waals surface area contributed by atoms with Gasteiger partial charge in [-0.25, -0.2) is 0 Å². The van der Waals surface area contributed by atoms with Crippen LogP contribution in [0.5, 0.6) is 0 Å². The van der Waals surface area contributed by atoms with Crippen molar-refractivity contribution in [2.75, 3.05) is 0 Å². The van der Waals surface area contributed by atoms with Crippen LogP contribution in [0.15, 0.2) is 34.8 Å². The molecular weight excluding hydrogens is 366 g/mol. The molecule has 4 heteroatoms. The van der Waals surface area contributed by atoms with Crippen LogP contribution in [0.25, 0.3) is 0 Å². The fourth-order valence-corrected chi connectivity index (χ4v) is 4.72. The molecule has 0 saturated heterocycles. The molecule has 1 nitrogen and oxygen atoms in total. The SMILES string of the molecule is CC(Cc1ccc(Br)cc1)NC1CCCc2sc(Cl)cc21. The molecule has 1 aromatic heterocycles. The Morgan fingerprint density at radius 3 is 2.90 bits per heavy atom. The van der Waals surface area contributed by atoms with Gasteiger partial charge < -0.3 is 5.32 Å². The second kappa shape index (κ2) is 6.82. The summed E-state index contributed by atoms with van der Waals surface area (Å²) in [6.07, 6.45) is 4.71. The zero-order valence-corrected chi connectivity index (χ0v) is 15.2. The Morgan fingerprint density at radius 1 is 1.38 bits per heavy atom. The quantitative estimate of drug-likeness (QED) is 0.706. The van der Waals surface area contributed by atoms with Crippen molar-refractivity contribution in [2.45, 2.75) is 44.7 Å². The number of thiophene rings is 1. The molecule has 1 aromatic carbocycles. The predicted molar refractivity (Wildman–Crippen MR) is 95.5 cm³/mol. The number of hydrogen-bond donors (Lipinski definition) is 1. The lowest BCUT2D eigenvalue weighted by molar-refractivity contribution is 0.409. The lowest BCUT2D eigenvalue weighted by Crippen LogP contribution is -2.33. The summed E-state index contributed by atoms with van der Waals surface area (Å²) in [6.45, 7) is 2.27. The molecule has 0 amide bonds. The van der Waals surface area contributed by atoms with Crippen LogP contribution in [-0.4, -0.2) is 6.04 Å². The molecular formula is C17H19BrClNS. The Balaban J connectivity index is 1.65. The van der Waals surface area contributed by atoms with E-state index in [-0.39, 0.29) is 0 Å². The molecule has 1 aliphatic carbocycles. The predicted octanol–water partition coefficient (Wildman–Crippen LogP) is 5.76. The number of aryl methyl sites for hydroxylation is 1. The van der Waals surface area contributed by atoms with Gasteiger partial charge in [-0.1, -0.05) is 39.7 Å². The lowest BCUT2D eigenvalue weighted by atomic mass is 9.93. The molecule has 0 aliphatic heterocycles. The van der Waals surface area contributed by atoms with E-state index in [1.807, 2.05) is 0 Å². The zero-order valence-electron chi connectivity index (χ0n) is 12.0. The molecule has 0 saturated carbocycles. The largest absolute Gasteiger partial charge is 0.307 e. The molecule has 1 aliphatic rings. The summed E-state index contributed by atoms with van der Waals surface area (Å²) in [5.74, 6) is 0. The third kappa shape index (κ3) is 3.89. The van der Waals surface area contributed by atoms with E-state index in [1.54, 1.807) is 11.3 Å². The molecule has 0 radical (unpaired) electrons. The topological polar surface area (TPSA) is 12.0 Å². The third-order valence-corrected chi connectivity index (χ3v) is 5.89. The van der Waals surface area contributed by atoms with Crippen LogP contribution in [0.3, 0.4) is 0 Å². The molecule has 3 rings (SSSR count). The maximum Gasteiger partial charge on any atom is 0.0934 e. The van der Waals surface area contributed by atoms with Gasteiger partial charge in [0.15, 0.2) is 0 Å². The Kier molecular flexibility index (Phi) is 5.05. The maximum atomic E-state index is 6.18. The first-order valence-electron chi connectivity index (χ1n) is 7.40. The van der Waals surface area contributed by atoms with E-state index in [0.29, 0.717) is 12.1 Å². The molecule has 21 heavy (non-hydrogen) atoms. The van der Waals surface area contributed by atoms with Gasteiger partial charge in [-0.05, 0) is 61.9 Å². The summed E-state index contributed by atoms with van der Waals surface area (Å²) in [7, 11) is 0. The summed E-state index contributed by atoms with van der Waals surface area (Å²) in [4.78, 5) is 1.47. The van der Waals surface area contributed by atoms with Crippen LogP contribution in [0.1, 0.15) is 41.8 Å². The molecule has 0 spiro atoms. The first-order chi connectivity index (χ1) is 10.1. The molecule has 0 bridgehead atoms. The van der Waals surface area contributed by atoms with E-state index in [2.05, 4.69) is 58.5 Å². The maximum absolute atomic E-state index is 6.18. The standard InChI is InChI=1S/C17H19BrClNS/c1-11(9-12-5-7-13(18)8-6-12)20-15-3-2-4-16-14(15)10-17(19)21-16/h5-8,10-11,15,20H,2-4,9H2,1H3. The van der Waals surface area contributed by atoms with E-state index in [1.165, 1.54) is 35.3 Å². The first-order valence-corrected chi connectivity index (χ1v) is 9.39. The monoisotopic (exact) mass is 383 g/mol. The highest BCUT2D eigenvalue weighted by atomic mass is 79.9. The fourth-order valence-electron chi connectivity index (χ4n) is 3.07. The van der Waals surface area contributed by atoms with Gasteiger partial charge in [0.2, 0.25) is 0 Å². The average molecular weight is 385 g/mol. The highest BCUT2D eigenvalue weighted by Gasteiger charge is 2.23. The van der Waals surface area contributed by atoms with Gasteiger partial charge in [-0.2, -0.15) is 0 Å². The number of benzene rings is 1. The van der Waals surface area contributed by atoms with E-state index >= 15 is 0 Å². The zero-order chi connectivity index (χ0) is 14.8. The second-order valence-electron chi connectivity index (χ2n) is 5.77. The second-order valence-corrected chi connectivity index (χ2v) is 8.46. The van der Waals surface area contributed by atoms with Gasteiger partial charge >= 0.3 is 0 Å². The third-order valence-electron chi connectivity index (χ3n) is 4.02. The van der Waals surface area contributed by atoms with Crippen LogP contribution in [0.2, 0.25) is 4.34 Å². The van der Waals surface area contributed by atoms with Crippen molar-refractivity contribution in [3.8, 4) is 0 Å². The van der Waals surface area contributed by atoms with Gasteiger partial charge in [-0.3, -0.25) is 0 Å². The van der Waals surface area contributed by atoms with Crippen LogP contribution < -0.4 is 5.32 Å². The average Bonchev–Trinajstić information content (AvgIpc) is 2.83. The summed E-state index contributed by atoms with van der Waals surface area (Å²) in [6, 6.07) is 11.7. The van der Waals surface area contributed by atoms with Gasteiger partial charge in [0.25, 0.3) is 0 Å². The van der Waals surface area contributed by atoms with Crippen molar-refractivity contribution >= 4 is 38.9 Å². The van der Waals surface area contributed by atoms with Crippen LogP contribution in [0, 0.1) is 0 Å². The fraction of sp³-hybridized carbons (Fsp3) is 0.412. The summed E-state index contributed by atoms with van der Waals surface area (Å²) in [5, 5.41) is 3.79. The number of nitrogens with one attached hydrogen (secondary N) is 1. The summed E-state index contributed by atoms with van der Waals surface area (Å²) >= 11 is 11.4. The first kappa shape index (κ1) is 15.5. The van der Waals surface area contributed by atoms with Gasteiger partial charge in [0.1, 0.15) is 0 Å². The van der Waals surface area contributed by atoms with Crippen LogP contribution in [-0.2, 0) is 12.8 Å². The summed E-state index contributed by atoms with van der Waals surface area (Å²) in [5.41, 5.74) is 2.80. The van der Waals surface area contributed by atoms with Crippen molar-refractivity contribution in [1.82, 2.24) is 5.32 Å². The van der Waals surface area contributed by atoms with Crippen molar-refractivity contribution in [1.29, 1.82) is 0 Å². The minimum absolute atomic E-state index is 0.459. The Morgan fingerprint density at radius 2 is 2.14 bits per heavy atom. The number of fused-ring (bicyclic) bond motifs is 1. The summed E-state index contributed by atoms with van der Waals surface area (Å²) < 4.78 is 2.06. The van der Waals surface area contributed by atoms with Crippen LogP contribution in [0.4, 0.5) is 0 Å². The lowest BCUT2D eigenvalue weighted by Gasteiger charge is -2.27. The normalized spacial score (nSPS) is 19.3. The molecule has 112 valence electrons. The number of halogens is 2. The van der Waals surface area contributed by atoms with Gasteiger partial charge in [0, 0.05) is 21.4 Å². The molecule has 2 aromatic rings. The molecule has 0 fully saturated rings. The van der Waals surface area contributed by atoms with Crippen molar-refractivity contribution in [3.63, 3.8) is 0 Å². The highest BCUT2D eigenvalue weighted by molar-refractivity contribution is 9.10. The van der Waals surface area contributed by atoms with Crippen molar-refractivity contribution in [2.24, 2.45) is 0 Å². The molecule has 2 atom stereocenters. The molecule has 2 unspecified atom stereocenters. The number of hydrogen-bond acceptors (Lipinski definition) is 2. The van der Waals surface area contributed by atoms with E-state index in [4.69, 9.17) is 11.6 Å². The van der Waals surface area contributed by atoms with Crippen LogP contribution >= 0.6 is 38.9 Å². The van der Waals surface area contributed by atoms with E-state index in [9.17, 15) is 0 Å². The van der Waals surface area contributed by atoms with Gasteiger partial charge in [0.05, 0.1) is 4.34 Å². The highest BCUT2D eigenvalue weighted by Crippen LogP contribution is 2.38. The van der Waals surface area contributed by atoms with Crippen molar-refractivity contribution < 1.29 is 0 Å². The molecule has 1 heterocycles. The minimum atomic E-state index is 0.459. The molecule has 1 N–H and O–H groups in total. The number of rotatable bonds is 4. The minimum Gasteiger partial charge on any atom is -0.307 e. The Hall–Kier alpha value is -0.350. The van der Waals surface area contributed by atoms with E-state index < -0.39 is 0 Å². The Bertz CT molecular complexity index is 608. The van der Waals surface area contributed by atoms with Crippen molar-refractivity contribution in [3.05, 3.63) is 55.1 Å². The van der Waals surface area contributed by atoms with E-state index in [0.717, 1.165) is 15.2 Å². The Labute approximate surface area is 143 Å². The smallest absolute Gasteiger partial charge is 0.0934 e. The van der Waals surface area contributed by atoms with Gasteiger partial charge in [-0.15, -0.1) is 11.3 Å².